The Morgan fingerprint density at radius 2 is 1.64 bits per heavy atom. The van der Waals surface area contributed by atoms with Crippen LogP contribution in [0, 0.1) is 40.4 Å². The fraction of sp³-hybridized carbons (Fsp3) is 0.917. The van der Waals surface area contributed by atoms with Gasteiger partial charge in [-0.3, -0.25) is 9.59 Å². The highest BCUT2D eigenvalue weighted by Gasteiger charge is 2.61. The van der Waals surface area contributed by atoms with Crippen LogP contribution in [0.25, 0.3) is 0 Å². The SMILES string of the molecule is CC(=O)[C@H]1CC[C@H]2[C@@H]3CC[C@H]4C[C@](C)(OC(=O)CI)CC[C@]4(C)[C@H]3CC[C@]12C. The molecule has 4 aliphatic rings. The van der Waals surface area contributed by atoms with Crippen LogP contribution < -0.4 is 0 Å². The van der Waals surface area contributed by atoms with Gasteiger partial charge in [-0.25, -0.2) is 0 Å². The van der Waals surface area contributed by atoms with E-state index in [1.54, 1.807) is 0 Å². The molecule has 0 N–H and O–H groups in total. The molecule has 0 bridgehead atoms. The van der Waals surface area contributed by atoms with Gasteiger partial charge in [-0.2, -0.15) is 0 Å². The van der Waals surface area contributed by atoms with Crippen LogP contribution in [0.3, 0.4) is 0 Å². The summed E-state index contributed by atoms with van der Waals surface area (Å²) in [6.07, 6.45) is 10.7. The molecule has 4 aliphatic carbocycles. The fourth-order valence-electron chi connectivity index (χ4n) is 8.48. The first-order valence-electron chi connectivity index (χ1n) is 11.4. The van der Waals surface area contributed by atoms with Crippen LogP contribution in [0.4, 0.5) is 0 Å². The van der Waals surface area contributed by atoms with Crippen LogP contribution in [0.15, 0.2) is 0 Å². The molecule has 0 spiro atoms. The van der Waals surface area contributed by atoms with Gasteiger partial charge in [0.15, 0.2) is 0 Å². The zero-order valence-electron chi connectivity index (χ0n) is 18.1. The van der Waals surface area contributed by atoms with Crippen LogP contribution >= 0.6 is 22.6 Å². The summed E-state index contributed by atoms with van der Waals surface area (Å²) in [6.45, 7) is 8.97. The highest BCUT2D eigenvalue weighted by molar-refractivity contribution is 14.1. The second kappa shape index (κ2) is 7.23. The van der Waals surface area contributed by atoms with E-state index in [1.165, 1.54) is 38.5 Å². The standard InChI is InChI=1S/C24H37IO3/c1-15(26)18-7-8-19-17-6-5-16-13-22(2,28-21(27)14-25)11-12-23(16,3)20(17)9-10-24(18,19)4/h16-20H,5-14H2,1-4H3/t16-,17-,18+,19-,20-,22+,23-,24+/m0/s1. The van der Waals surface area contributed by atoms with Gasteiger partial charge in [-0.1, -0.05) is 36.4 Å². The summed E-state index contributed by atoms with van der Waals surface area (Å²) >= 11 is 2.10. The summed E-state index contributed by atoms with van der Waals surface area (Å²) in [4.78, 5) is 24.2. The Hall–Kier alpha value is -0.130. The molecule has 4 heteroatoms. The molecule has 0 aromatic rings. The van der Waals surface area contributed by atoms with Crippen LogP contribution in [0.1, 0.15) is 85.5 Å². The zero-order chi connectivity index (χ0) is 20.3. The first-order chi connectivity index (χ1) is 13.1. The van der Waals surface area contributed by atoms with E-state index in [1.807, 2.05) is 6.92 Å². The molecule has 0 saturated heterocycles. The molecule has 4 fully saturated rings. The van der Waals surface area contributed by atoms with Gasteiger partial charge in [0, 0.05) is 5.92 Å². The molecule has 0 aromatic carbocycles. The van der Waals surface area contributed by atoms with Crippen molar-refractivity contribution >= 4 is 34.3 Å². The first kappa shape index (κ1) is 21.1. The molecule has 4 rings (SSSR count). The number of fused-ring (bicyclic) bond motifs is 5. The second-order valence-electron chi connectivity index (χ2n) is 11.2. The summed E-state index contributed by atoms with van der Waals surface area (Å²) in [5.74, 6) is 3.66. The number of esters is 1. The summed E-state index contributed by atoms with van der Waals surface area (Å²) in [5, 5.41) is 0. The molecular weight excluding hydrogens is 463 g/mol. The maximum atomic E-state index is 12.3. The number of hydrogen-bond donors (Lipinski definition) is 0. The first-order valence-corrected chi connectivity index (χ1v) is 12.9. The third-order valence-electron chi connectivity index (χ3n) is 9.90. The van der Waals surface area contributed by atoms with Crippen molar-refractivity contribution in [1.29, 1.82) is 0 Å². The fourth-order valence-corrected chi connectivity index (χ4v) is 8.64. The summed E-state index contributed by atoms with van der Waals surface area (Å²) in [6, 6.07) is 0. The predicted molar refractivity (Wildman–Crippen MR) is 119 cm³/mol. The highest BCUT2D eigenvalue weighted by Crippen LogP contribution is 2.68. The van der Waals surface area contributed by atoms with Gasteiger partial charge in [0.2, 0.25) is 0 Å². The number of alkyl halides is 1. The average molecular weight is 500 g/mol. The van der Waals surface area contributed by atoms with Crippen LogP contribution in [0.5, 0.6) is 0 Å². The number of halogens is 1. The molecule has 158 valence electrons. The number of carbonyl (C=O) groups is 2. The Balaban J connectivity index is 1.53. The smallest absolute Gasteiger partial charge is 0.316 e. The summed E-state index contributed by atoms with van der Waals surface area (Å²) < 4.78 is 6.34. The van der Waals surface area contributed by atoms with Gasteiger partial charge in [-0.05, 0) is 106 Å². The Kier molecular flexibility index (Phi) is 5.45. The molecule has 0 unspecified atom stereocenters. The molecule has 0 amide bonds. The summed E-state index contributed by atoms with van der Waals surface area (Å²) in [5.41, 5.74) is 0.361. The van der Waals surface area contributed by atoms with Gasteiger partial charge < -0.3 is 4.74 Å². The van der Waals surface area contributed by atoms with Crippen molar-refractivity contribution < 1.29 is 14.3 Å². The number of rotatable bonds is 3. The third-order valence-corrected chi connectivity index (χ3v) is 10.5. The normalized spacial score (nSPS) is 50.2. The van der Waals surface area contributed by atoms with Crippen molar-refractivity contribution in [3.8, 4) is 0 Å². The maximum absolute atomic E-state index is 12.3. The summed E-state index contributed by atoms with van der Waals surface area (Å²) in [7, 11) is 0. The minimum atomic E-state index is -0.268. The van der Waals surface area contributed by atoms with E-state index in [0.717, 1.165) is 37.0 Å². The van der Waals surface area contributed by atoms with E-state index in [-0.39, 0.29) is 17.0 Å². The van der Waals surface area contributed by atoms with Gasteiger partial charge in [0.05, 0.1) is 4.43 Å². The van der Waals surface area contributed by atoms with Crippen molar-refractivity contribution in [1.82, 2.24) is 0 Å². The Morgan fingerprint density at radius 3 is 2.32 bits per heavy atom. The predicted octanol–water partition coefficient (Wildman–Crippen LogP) is 5.97. The minimum Gasteiger partial charge on any atom is -0.459 e. The minimum absolute atomic E-state index is 0.0601. The van der Waals surface area contributed by atoms with Crippen LogP contribution in [0.2, 0.25) is 0 Å². The van der Waals surface area contributed by atoms with E-state index in [0.29, 0.717) is 27.5 Å². The lowest BCUT2D eigenvalue weighted by Gasteiger charge is -2.62. The van der Waals surface area contributed by atoms with E-state index < -0.39 is 0 Å². The number of ether oxygens (including phenoxy) is 1. The Morgan fingerprint density at radius 1 is 0.929 bits per heavy atom. The number of ketones is 1. The Labute approximate surface area is 184 Å². The number of hydrogen-bond acceptors (Lipinski definition) is 3. The monoisotopic (exact) mass is 500 g/mol. The van der Waals surface area contributed by atoms with Crippen molar-refractivity contribution in [2.75, 3.05) is 4.43 Å². The molecule has 0 aliphatic heterocycles. The molecule has 3 nitrogen and oxygen atoms in total. The molecule has 0 aromatic heterocycles. The largest absolute Gasteiger partial charge is 0.459 e. The second-order valence-corrected chi connectivity index (χ2v) is 12.0. The molecule has 0 heterocycles. The van der Waals surface area contributed by atoms with Crippen molar-refractivity contribution in [3.63, 3.8) is 0 Å². The molecule has 4 saturated carbocycles. The van der Waals surface area contributed by atoms with E-state index in [9.17, 15) is 9.59 Å². The lowest BCUT2D eigenvalue weighted by atomic mass is 9.44. The topological polar surface area (TPSA) is 43.4 Å². The van der Waals surface area contributed by atoms with Gasteiger partial charge >= 0.3 is 5.97 Å². The van der Waals surface area contributed by atoms with Crippen molar-refractivity contribution in [3.05, 3.63) is 0 Å². The van der Waals surface area contributed by atoms with E-state index in [2.05, 4.69) is 43.4 Å². The maximum Gasteiger partial charge on any atom is 0.316 e. The van der Waals surface area contributed by atoms with E-state index >= 15 is 0 Å². The van der Waals surface area contributed by atoms with Crippen molar-refractivity contribution in [2.45, 2.75) is 91.1 Å². The van der Waals surface area contributed by atoms with Crippen molar-refractivity contribution in [2.24, 2.45) is 40.4 Å². The van der Waals surface area contributed by atoms with Gasteiger partial charge in [0.25, 0.3) is 0 Å². The zero-order valence-corrected chi connectivity index (χ0v) is 20.2. The molecule has 0 radical (unpaired) electrons. The number of Topliss-reactive ketones (excluding diaryl/α,β-unsaturated/α-hetero) is 1. The number of carbonyl (C=O) groups excluding carboxylic acids is 2. The van der Waals surface area contributed by atoms with Crippen LogP contribution in [-0.2, 0) is 14.3 Å². The molecular formula is C24H37IO3. The molecule has 8 atom stereocenters. The van der Waals surface area contributed by atoms with Gasteiger partial charge in [-0.15, -0.1) is 0 Å². The lowest BCUT2D eigenvalue weighted by Crippen LogP contribution is -2.56. The Bertz CT molecular complexity index is 662. The quantitative estimate of drug-likeness (QED) is 0.272. The molecule has 28 heavy (non-hydrogen) atoms. The van der Waals surface area contributed by atoms with E-state index in [4.69, 9.17) is 4.74 Å². The lowest BCUT2D eigenvalue weighted by molar-refractivity contribution is -0.178. The van der Waals surface area contributed by atoms with Gasteiger partial charge in [0.1, 0.15) is 11.4 Å². The third kappa shape index (κ3) is 3.19. The highest BCUT2D eigenvalue weighted by atomic mass is 127. The van der Waals surface area contributed by atoms with Crippen LogP contribution in [-0.4, -0.2) is 21.8 Å². The average Bonchev–Trinajstić information content (AvgIpc) is 2.99.